The summed E-state index contributed by atoms with van der Waals surface area (Å²) in [7, 11) is 0. The number of hydrogen-bond acceptors (Lipinski definition) is 5. The van der Waals surface area contributed by atoms with Crippen LogP contribution in [-0.2, 0) is 6.54 Å². The molecular formula is C14H13NO5. The number of nitrogens with one attached hydrogen (secondary N) is 1. The zero-order valence-electron chi connectivity index (χ0n) is 10.8. The van der Waals surface area contributed by atoms with Gasteiger partial charge in [-0.1, -0.05) is 18.2 Å². The Morgan fingerprint density at radius 1 is 1.25 bits per heavy atom. The molecule has 2 aromatic carbocycles. The highest BCUT2D eigenvalue weighted by Gasteiger charge is 2.22. The first-order valence-electron chi connectivity index (χ1n) is 6.07. The molecule has 0 fully saturated rings. The van der Waals surface area contributed by atoms with E-state index in [1.807, 2.05) is 0 Å². The standard InChI is InChI=1S/C14H13NO5/c1-2-20-13-10(11(16)12(13)17)15-7-8-5-3-4-6-9(8)14(18)19/h3-6,15H,2,7H2,1H3,(H,18,19). The molecule has 2 aromatic rings. The molecule has 0 heterocycles. The highest BCUT2D eigenvalue weighted by Crippen LogP contribution is 2.19. The van der Waals surface area contributed by atoms with Crippen LogP contribution < -0.4 is 20.9 Å². The summed E-state index contributed by atoms with van der Waals surface area (Å²) in [5.74, 6) is -1.03. The first-order chi connectivity index (χ1) is 9.56. The lowest BCUT2D eigenvalue weighted by Gasteiger charge is -2.13. The molecule has 20 heavy (non-hydrogen) atoms. The molecule has 104 valence electrons. The van der Waals surface area contributed by atoms with Crippen molar-refractivity contribution >= 4 is 11.7 Å². The van der Waals surface area contributed by atoms with Crippen LogP contribution in [0.1, 0.15) is 22.8 Å². The molecule has 0 bridgehead atoms. The van der Waals surface area contributed by atoms with Crippen molar-refractivity contribution in [2.45, 2.75) is 13.5 Å². The SMILES string of the molecule is CCOc1c(NCc2ccccc2C(=O)O)c(=O)c1=O. The maximum Gasteiger partial charge on any atom is 0.336 e. The van der Waals surface area contributed by atoms with Gasteiger partial charge in [-0.15, -0.1) is 0 Å². The first kappa shape index (κ1) is 13.8. The van der Waals surface area contributed by atoms with E-state index in [1.54, 1.807) is 25.1 Å². The lowest BCUT2D eigenvalue weighted by molar-refractivity contribution is 0.0696. The highest BCUT2D eigenvalue weighted by molar-refractivity contribution is 5.89. The van der Waals surface area contributed by atoms with E-state index in [0.29, 0.717) is 5.56 Å². The Morgan fingerprint density at radius 2 is 1.95 bits per heavy atom. The van der Waals surface area contributed by atoms with Gasteiger partial charge in [0, 0.05) is 6.54 Å². The number of anilines is 1. The molecule has 0 aromatic heterocycles. The predicted octanol–water partition coefficient (Wildman–Crippen LogP) is 0.992. The Hall–Kier alpha value is -2.63. The normalized spacial score (nSPS) is 10.4. The van der Waals surface area contributed by atoms with Gasteiger partial charge in [0.25, 0.3) is 10.9 Å². The van der Waals surface area contributed by atoms with Gasteiger partial charge in [-0.3, -0.25) is 9.59 Å². The van der Waals surface area contributed by atoms with Crippen molar-refractivity contribution in [3.05, 3.63) is 55.8 Å². The summed E-state index contributed by atoms with van der Waals surface area (Å²) < 4.78 is 5.07. The second-order valence-electron chi connectivity index (χ2n) is 4.11. The number of carbonyl (C=O) groups is 1. The minimum Gasteiger partial charge on any atom is -0.488 e. The van der Waals surface area contributed by atoms with Crippen molar-refractivity contribution in [2.75, 3.05) is 11.9 Å². The summed E-state index contributed by atoms with van der Waals surface area (Å²) in [5, 5.41) is 11.8. The molecule has 6 heteroatoms. The van der Waals surface area contributed by atoms with Crippen LogP contribution in [-0.4, -0.2) is 17.7 Å². The van der Waals surface area contributed by atoms with Crippen molar-refractivity contribution in [2.24, 2.45) is 0 Å². The Kier molecular flexibility index (Phi) is 3.84. The van der Waals surface area contributed by atoms with Crippen molar-refractivity contribution in [3.63, 3.8) is 0 Å². The molecule has 0 aliphatic carbocycles. The molecule has 6 nitrogen and oxygen atoms in total. The van der Waals surface area contributed by atoms with Gasteiger partial charge >= 0.3 is 5.97 Å². The van der Waals surface area contributed by atoms with Gasteiger partial charge in [0.2, 0.25) is 0 Å². The summed E-state index contributed by atoms with van der Waals surface area (Å²) in [6.45, 7) is 2.12. The monoisotopic (exact) mass is 275 g/mol. The minimum atomic E-state index is -1.04. The lowest BCUT2D eigenvalue weighted by atomic mass is 10.1. The van der Waals surface area contributed by atoms with Gasteiger partial charge in [-0.05, 0) is 18.6 Å². The van der Waals surface area contributed by atoms with Crippen molar-refractivity contribution in [1.82, 2.24) is 0 Å². The summed E-state index contributed by atoms with van der Waals surface area (Å²) in [6, 6.07) is 6.44. The van der Waals surface area contributed by atoms with E-state index < -0.39 is 16.8 Å². The summed E-state index contributed by atoms with van der Waals surface area (Å²) in [6.07, 6.45) is 0. The Bertz CT molecular complexity index is 712. The van der Waals surface area contributed by atoms with Gasteiger partial charge in [-0.2, -0.15) is 0 Å². The van der Waals surface area contributed by atoms with Crippen LogP contribution in [0.2, 0.25) is 0 Å². The van der Waals surface area contributed by atoms with Crippen LogP contribution in [0.25, 0.3) is 0 Å². The molecule has 0 radical (unpaired) electrons. The second-order valence-corrected chi connectivity index (χ2v) is 4.11. The Morgan fingerprint density at radius 3 is 2.60 bits per heavy atom. The van der Waals surface area contributed by atoms with Gasteiger partial charge in [0.15, 0.2) is 5.75 Å². The zero-order valence-corrected chi connectivity index (χ0v) is 10.8. The number of aromatic carboxylic acids is 1. The van der Waals surface area contributed by atoms with E-state index in [0.717, 1.165) is 0 Å². The van der Waals surface area contributed by atoms with Crippen LogP contribution in [0.5, 0.6) is 5.75 Å². The Balaban J connectivity index is 2.18. The third-order valence-corrected chi connectivity index (χ3v) is 2.86. The van der Waals surface area contributed by atoms with Gasteiger partial charge < -0.3 is 15.2 Å². The van der Waals surface area contributed by atoms with E-state index >= 15 is 0 Å². The molecule has 0 spiro atoms. The van der Waals surface area contributed by atoms with Crippen molar-refractivity contribution in [3.8, 4) is 5.75 Å². The third kappa shape index (κ3) is 2.40. The van der Waals surface area contributed by atoms with Crippen LogP contribution in [0.4, 0.5) is 5.69 Å². The fourth-order valence-electron chi connectivity index (χ4n) is 1.88. The molecule has 2 rings (SSSR count). The number of benzene rings is 1. The second kappa shape index (κ2) is 5.56. The molecule has 0 atom stereocenters. The number of rotatable bonds is 6. The van der Waals surface area contributed by atoms with Crippen LogP contribution in [0, 0.1) is 0 Å². The summed E-state index contributed by atoms with van der Waals surface area (Å²) in [4.78, 5) is 33.8. The van der Waals surface area contributed by atoms with Crippen LogP contribution in [0.15, 0.2) is 33.9 Å². The first-order valence-corrected chi connectivity index (χ1v) is 6.07. The molecular weight excluding hydrogens is 262 g/mol. The topological polar surface area (TPSA) is 92.7 Å². The van der Waals surface area contributed by atoms with E-state index in [4.69, 9.17) is 9.84 Å². The molecule has 0 aliphatic heterocycles. The quantitative estimate of drug-likeness (QED) is 0.764. The molecule has 0 amide bonds. The van der Waals surface area contributed by atoms with Gasteiger partial charge in [0.05, 0.1) is 12.2 Å². The number of ether oxygens (including phenoxy) is 1. The fraction of sp³-hybridized carbons (Fsp3) is 0.214. The van der Waals surface area contributed by atoms with E-state index in [1.165, 1.54) is 6.07 Å². The maximum atomic E-state index is 11.4. The van der Waals surface area contributed by atoms with Crippen LogP contribution in [0.3, 0.4) is 0 Å². The van der Waals surface area contributed by atoms with E-state index in [9.17, 15) is 14.4 Å². The molecule has 0 unspecified atom stereocenters. The van der Waals surface area contributed by atoms with Crippen molar-refractivity contribution < 1.29 is 14.6 Å². The molecule has 0 aliphatic rings. The zero-order chi connectivity index (χ0) is 14.7. The average molecular weight is 275 g/mol. The van der Waals surface area contributed by atoms with E-state index in [2.05, 4.69) is 5.32 Å². The minimum absolute atomic E-state index is 0.0188. The lowest BCUT2D eigenvalue weighted by Crippen LogP contribution is -2.35. The fourth-order valence-corrected chi connectivity index (χ4v) is 1.88. The predicted molar refractivity (Wildman–Crippen MR) is 73.3 cm³/mol. The largest absolute Gasteiger partial charge is 0.488 e. The number of carboxylic acid groups (broad SMARTS) is 1. The van der Waals surface area contributed by atoms with Gasteiger partial charge in [-0.25, -0.2) is 4.79 Å². The maximum absolute atomic E-state index is 11.4. The highest BCUT2D eigenvalue weighted by atomic mass is 16.5. The van der Waals surface area contributed by atoms with Crippen LogP contribution >= 0.6 is 0 Å². The average Bonchev–Trinajstić information content (AvgIpc) is 2.46. The molecule has 0 saturated carbocycles. The summed E-state index contributed by atoms with van der Waals surface area (Å²) >= 11 is 0. The summed E-state index contributed by atoms with van der Waals surface area (Å²) in [5.41, 5.74) is -0.508. The molecule has 0 saturated heterocycles. The number of hydrogen-bond donors (Lipinski definition) is 2. The third-order valence-electron chi connectivity index (χ3n) is 2.86. The van der Waals surface area contributed by atoms with E-state index in [-0.39, 0.29) is 30.2 Å². The Labute approximate surface area is 114 Å². The molecule has 2 N–H and O–H groups in total. The smallest absolute Gasteiger partial charge is 0.336 e. The van der Waals surface area contributed by atoms with Gasteiger partial charge in [0.1, 0.15) is 5.69 Å². The van der Waals surface area contributed by atoms with Crippen molar-refractivity contribution in [1.29, 1.82) is 0 Å². The number of carboxylic acids is 1.